The normalized spacial score (nSPS) is 19.9. The highest BCUT2D eigenvalue weighted by Gasteiger charge is 2.44. The van der Waals surface area contributed by atoms with E-state index in [2.05, 4.69) is 0 Å². The molecule has 0 spiro atoms. The molecule has 1 saturated carbocycles. The Morgan fingerprint density at radius 3 is 2.14 bits per heavy atom. The average Bonchev–Trinajstić information content (AvgIpc) is 2.37. The third-order valence-corrected chi connectivity index (χ3v) is 3.95. The Morgan fingerprint density at radius 1 is 1.19 bits per heavy atom. The highest BCUT2D eigenvalue weighted by molar-refractivity contribution is 6.12. The van der Waals surface area contributed by atoms with Crippen molar-refractivity contribution in [2.24, 2.45) is 23.1 Å². The molecule has 122 valence electrons. The number of primary amides is 1. The van der Waals surface area contributed by atoms with Crippen LogP contribution in [0.15, 0.2) is 0 Å². The Bertz CT molecular complexity index is 399. The van der Waals surface area contributed by atoms with Crippen molar-refractivity contribution in [3.8, 4) is 0 Å². The first-order valence-electron chi connectivity index (χ1n) is 6.88. The summed E-state index contributed by atoms with van der Waals surface area (Å²) >= 11 is 0. The monoisotopic (exact) mass is 321 g/mol. The van der Waals surface area contributed by atoms with Crippen molar-refractivity contribution in [3.63, 3.8) is 0 Å². The highest BCUT2D eigenvalue weighted by Crippen LogP contribution is 2.30. The van der Waals surface area contributed by atoms with Crippen LogP contribution in [0.1, 0.15) is 44.9 Å². The van der Waals surface area contributed by atoms with Crippen LogP contribution >= 0.6 is 12.4 Å². The van der Waals surface area contributed by atoms with Crippen LogP contribution in [-0.4, -0.2) is 34.3 Å². The molecule has 0 heterocycles. The van der Waals surface area contributed by atoms with Gasteiger partial charge < -0.3 is 22.3 Å². The largest absolute Gasteiger partial charge is 0.481 e. The zero-order valence-corrected chi connectivity index (χ0v) is 12.7. The number of amides is 1. The summed E-state index contributed by atoms with van der Waals surface area (Å²) in [6.45, 7) is 0. The van der Waals surface area contributed by atoms with Gasteiger partial charge in [-0.2, -0.15) is 0 Å². The molecular weight excluding hydrogens is 298 g/mol. The Kier molecular flexibility index (Phi) is 7.84. The van der Waals surface area contributed by atoms with E-state index in [-0.39, 0.29) is 24.7 Å². The lowest BCUT2D eigenvalue weighted by molar-refractivity contribution is -0.142. The molecule has 1 rings (SSSR count). The minimum absolute atomic E-state index is 0. The fraction of sp³-hybridized carbons (Fsp3) is 0.769. The number of hydrogen-bond acceptors (Lipinski definition) is 5. The van der Waals surface area contributed by atoms with Crippen molar-refractivity contribution in [2.45, 2.75) is 56.5 Å². The van der Waals surface area contributed by atoms with Crippen LogP contribution in [-0.2, 0) is 14.4 Å². The molecule has 2 atom stereocenters. The van der Waals surface area contributed by atoms with E-state index in [0.717, 1.165) is 32.1 Å². The van der Waals surface area contributed by atoms with E-state index in [0.29, 0.717) is 0 Å². The summed E-state index contributed by atoms with van der Waals surface area (Å²) < 4.78 is 0. The summed E-state index contributed by atoms with van der Waals surface area (Å²) in [4.78, 5) is 34.4. The van der Waals surface area contributed by atoms with E-state index in [4.69, 9.17) is 22.3 Å². The van der Waals surface area contributed by atoms with E-state index in [1.165, 1.54) is 0 Å². The molecule has 0 aromatic carbocycles. The molecule has 0 aromatic rings. The van der Waals surface area contributed by atoms with Crippen molar-refractivity contribution >= 4 is 30.1 Å². The molecule has 0 aliphatic heterocycles. The topological polar surface area (TPSA) is 150 Å². The van der Waals surface area contributed by atoms with Gasteiger partial charge in [-0.15, -0.1) is 12.4 Å². The number of carbonyl (C=O) groups excluding carboxylic acids is 2. The number of halogens is 1. The molecule has 0 unspecified atom stereocenters. The van der Waals surface area contributed by atoms with E-state index >= 15 is 0 Å². The van der Waals surface area contributed by atoms with Crippen molar-refractivity contribution in [2.75, 3.05) is 0 Å². The van der Waals surface area contributed by atoms with Gasteiger partial charge in [-0.05, 0) is 12.3 Å². The van der Waals surface area contributed by atoms with Crippen LogP contribution in [0.2, 0.25) is 0 Å². The van der Waals surface area contributed by atoms with Crippen LogP contribution in [0.5, 0.6) is 0 Å². The van der Waals surface area contributed by atoms with Gasteiger partial charge in [0, 0.05) is 0 Å². The predicted molar refractivity (Wildman–Crippen MR) is 79.8 cm³/mol. The number of carbonyl (C=O) groups is 3. The van der Waals surface area contributed by atoms with Gasteiger partial charge in [0.1, 0.15) is 0 Å². The molecule has 0 aromatic heterocycles. The zero-order valence-electron chi connectivity index (χ0n) is 11.9. The van der Waals surface area contributed by atoms with Gasteiger partial charge in [0.15, 0.2) is 11.3 Å². The minimum atomic E-state index is -1.86. The molecule has 1 fully saturated rings. The van der Waals surface area contributed by atoms with Gasteiger partial charge in [0.2, 0.25) is 5.91 Å². The van der Waals surface area contributed by atoms with Gasteiger partial charge in [-0.25, -0.2) is 0 Å². The van der Waals surface area contributed by atoms with E-state index < -0.39 is 35.7 Å². The molecule has 0 saturated heterocycles. The number of aliphatic carboxylic acids is 1. The summed E-state index contributed by atoms with van der Waals surface area (Å²) in [5.74, 6) is -2.77. The zero-order chi connectivity index (χ0) is 15.3. The molecule has 7 nitrogen and oxygen atoms in total. The number of carboxylic acids is 1. The Hall–Kier alpha value is -1.18. The maximum absolute atomic E-state index is 12.2. The Balaban J connectivity index is 0.00000400. The maximum Gasteiger partial charge on any atom is 0.305 e. The van der Waals surface area contributed by atoms with Crippen LogP contribution in [0.3, 0.4) is 0 Å². The van der Waals surface area contributed by atoms with Crippen LogP contribution in [0, 0.1) is 5.92 Å². The lowest BCUT2D eigenvalue weighted by Crippen LogP contribution is -2.63. The van der Waals surface area contributed by atoms with Gasteiger partial charge in [0.25, 0.3) is 0 Å². The second kappa shape index (κ2) is 8.31. The van der Waals surface area contributed by atoms with Crippen molar-refractivity contribution in [1.29, 1.82) is 0 Å². The first-order chi connectivity index (χ1) is 9.27. The maximum atomic E-state index is 12.2. The second-order valence-electron chi connectivity index (χ2n) is 5.61. The van der Waals surface area contributed by atoms with E-state index in [1.807, 2.05) is 0 Å². The smallest absolute Gasteiger partial charge is 0.305 e. The van der Waals surface area contributed by atoms with Crippen LogP contribution < -0.4 is 17.2 Å². The molecule has 0 bridgehead atoms. The summed E-state index contributed by atoms with van der Waals surface area (Å²) in [6.07, 6.45) is 4.59. The number of ketones is 1. The lowest BCUT2D eigenvalue weighted by atomic mass is 9.76. The second-order valence-corrected chi connectivity index (χ2v) is 5.61. The van der Waals surface area contributed by atoms with Crippen molar-refractivity contribution in [3.05, 3.63) is 0 Å². The quantitative estimate of drug-likeness (QED) is 0.482. The summed E-state index contributed by atoms with van der Waals surface area (Å²) in [7, 11) is 0. The van der Waals surface area contributed by atoms with Crippen molar-refractivity contribution < 1.29 is 19.5 Å². The molecule has 8 heteroatoms. The number of rotatable bonds is 7. The van der Waals surface area contributed by atoms with Crippen LogP contribution in [0.25, 0.3) is 0 Å². The average molecular weight is 322 g/mol. The predicted octanol–water partition coefficient (Wildman–Crippen LogP) is -0.0675. The van der Waals surface area contributed by atoms with E-state index in [1.54, 1.807) is 0 Å². The Morgan fingerprint density at radius 2 is 1.71 bits per heavy atom. The molecule has 1 aliphatic rings. The number of nitrogens with two attached hydrogens (primary N) is 3. The van der Waals surface area contributed by atoms with Gasteiger partial charge in [-0.1, -0.05) is 32.1 Å². The highest BCUT2D eigenvalue weighted by atomic mass is 35.5. The van der Waals surface area contributed by atoms with Gasteiger partial charge in [-0.3, -0.25) is 14.4 Å². The lowest BCUT2D eigenvalue weighted by Gasteiger charge is -2.32. The standard InChI is InChI=1S/C13H23N3O4.ClH/c14-9(6-10(17)18)11(19)13(16,12(15)20)7-8-4-2-1-3-5-8;/h8-9H,1-7,14,16H2,(H2,15,20)(H,17,18);1H/t9-,13+;/m0./s1. The fourth-order valence-corrected chi connectivity index (χ4v) is 2.78. The molecule has 0 radical (unpaired) electrons. The molecule has 1 aliphatic carbocycles. The minimum Gasteiger partial charge on any atom is -0.481 e. The number of carboxylic acid groups (broad SMARTS) is 1. The van der Waals surface area contributed by atoms with Crippen LogP contribution in [0.4, 0.5) is 0 Å². The molecule has 7 N–H and O–H groups in total. The SMILES string of the molecule is Cl.NC(=O)[C@@](N)(CC1CCCCC1)C(=O)[C@@H](N)CC(=O)O. The Labute approximate surface area is 130 Å². The number of Topliss-reactive ketones (excluding diaryl/α,β-unsaturated/α-hetero) is 1. The fourth-order valence-electron chi connectivity index (χ4n) is 2.78. The summed E-state index contributed by atoms with van der Waals surface area (Å²) in [5, 5.41) is 8.67. The summed E-state index contributed by atoms with van der Waals surface area (Å²) in [6, 6.07) is -1.31. The van der Waals surface area contributed by atoms with Gasteiger partial charge in [0.05, 0.1) is 12.5 Å². The molecule has 21 heavy (non-hydrogen) atoms. The first kappa shape index (κ1) is 19.8. The molecule has 1 amide bonds. The molecular formula is C13H24ClN3O4. The summed E-state index contributed by atoms with van der Waals surface area (Å²) in [5.41, 5.74) is 14.8. The van der Waals surface area contributed by atoms with E-state index in [9.17, 15) is 14.4 Å². The van der Waals surface area contributed by atoms with Crippen molar-refractivity contribution in [1.82, 2.24) is 0 Å². The third kappa shape index (κ3) is 5.26. The first-order valence-corrected chi connectivity index (χ1v) is 6.88. The van der Waals surface area contributed by atoms with Gasteiger partial charge >= 0.3 is 5.97 Å². The third-order valence-electron chi connectivity index (χ3n) is 3.95. The number of hydrogen-bond donors (Lipinski definition) is 4.